The first-order valence-electron chi connectivity index (χ1n) is 33.4. The molecule has 2 N–H and O–H groups in total. The Morgan fingerprint density at radius 3 is 1.01 bits per heavy atom. The molecule has 10 aromatic rings. The van der Waals surface area contributed by atoms with Gasteiger partial charge in [0.25, 0.3) is 47.3 Å². The van der Waals surface area contributed by atoms with E-state index < -0.39 is 121 Å². The maximum absolute atomic E-state index is 15.5. The van der Waals surface area contributed by atoms with Crippen molar-refractivity contribution in [1.29, 1.82) is 0 Å². The highest BCUT2D eigenvalue weighted by atomic mass is 35.5. The summed E-state index contributed by atoms with van der Waals surface area (Å²) in [5.74, 6) is 4.60. The summed E-state index contributed by atoms with van der Waals surface area (Å²) in [6.45, 7) is 12.1. The van der Waals surface area contributed by atoms with Crippen LogP contribution in [-0.2, 0) is 17.8 Å². The van der Waals surface area contributed by atoms with Crippen molar-refractivity contribution < 1.29 is 74.9 Å². The molecule has 15 rings (SSSR count). The monoisotopic (exact) mass is 1540 g/mol. The number of hydrogen-bond donors (Lipinski definition) is 2. The molecular weight excluding hydrogens is 1490 g/mol. The third-order valence-electron chi connectivity index (χ3n) is 20.1. The average Bonchev–Trinajstić information content (AvgIpc) is 1.54. The van der Waals surface area contributed by atoms with Gasteiger partial charge in [0, 0.05) is 60.5 Å². The van der Waals surface area contributed by atoms with E-state index in [1.54, 1.807) is 40.7 Å². The lowest BCUT2D eigenvalue weighted by Crippen LogP contribution is -2.31. The van der Waals surface area contributed by atoms with Crippen molar-refractivity contribution in [1.82, 2.24) is 4.90 Å². The van der Waals surface area contributed by atoms with Gasteiger partial charge in [-0.25, -0.2) is 14.7 Å². The van der Waals surface area contributed by atoms with E-state index in [2.05, 4.69) is 29.7 Å². The van der Waals surface area contributed by atoms with Gasteiger partial charge in [0.2, 0.25) is 0 Å². The molecular formula is C85H52Cl4F6N4O10. The number of carbonyl (C=O) groups is 8. The summed E-state index contributed by atoms with van der Waals surface area (Å²) in [6, 6.07) is 36.2. The van der Waals surface area contributed by atoms with Gasteiger partial charge in [-0.05, 0) is 213 Å². The summed E-state index contributed by atoms with van der Waals surface area (Å²) in [5.41, 5.74) is -3.73. The third-order valence-corrected chi connectivity index (χ3v) is 21.3. The SMILES string of the molecule is Cc1ccc(C2(c3ccc(N4C(=O)c5cc(Cl)c(-c6cc7c(cc6Cl)C(=O)N(c6ccc(-c8ccc(N9C(=O)c%10cc(Cl)c(-c%11cc%12c(cc%11Cl)C(=O)N(C)C%12=O)cc%10C9=O)cc8C(F)(F)F)c(C(F)(F)F)c6)C7=O)cc5C4=O)c(C)c3)c3cc(C#CC(C)(C)O)ccc3-c3ccc(C#CC(C)(C)O)cc32)cc1C. The molecule has 0 aromatic heterocycles. The summed E-state index contributed by atoms with van der Waals surface area (Å²) in [6.07, 6.45) is -11.0. The van der Waals surface area contributed by atoms with Crippen LogP contribution in [0.5, 0.6) is 0 Å². The molecule has 0 unspecified atom stereocenters. The van der Waals surface area contributed by atoms with E-state index in [4.69, 9.17) is 46.4 Å². The molecule has 0 saturated carbocycles. The second-order valence-corrected chi connectivity index (χ2v) is 29.8. The Kier molecular flexibility index (Phi) is 17.0. The van der Waals surface area contributed by atoms with Crippen LogP contribution in [0, 0.1) is 44.5 Å². The van der Waals surface area contributed by atoms with Gasteiger partial charge in [0.1, 0.15) is 11.2 Å². The Morgan fingerprint density at radius 1 is 0.339 bits per heavy atom. The highest BCUT2D eigenvalue weighted by Crippen LogP contribution is 2.58. The zero-order valence-corrected chi connectivity index (χ0v) is 61.3. The number of imide groups is 4. The lowest BCUT2D eigenvalue weighted by atomic mass is 9.66. The molecule has 0 spiro atoms. The van der Waals surface area contributed by atoms with Gasteiger partial charge in [0.15, 0.2) is 0 Å². The maximum Gasteiger partial charge on any atom is 0.417 e. The molecule has 4 heterocycles. The van der Waals surface area contributed by atoms with Crippen molar-refractivity contribution in [2.75, 3.05) is 21.7 Å². The van der Waals surface area contributed by atoms with Crippen LogP contribution in [-0.4, -0.2) is 80.6 Å². The smallest absolute Gasteiger partial charge is 0.378 e. The zero-order chi connectivity index (χ0) is 78.3. The van der Waals surface area contributed by atoms with Crippen molar-refractivity contribution in [2.24, 2.45) is 0 Å². The molecule has 0 saturated heterocycles. The van der Waals surface area contributed by atoms with Gasteiger partial charge in [-0.15, -0.1) is 0 Å². The van der Waals surface area contributed by atoms with E-state index in [-0.39, 0.29) is 81.4 Å². The Hall–Kier alpha value is -11.5. The van der Waals surface area contributed by atoms with Crippen LogP contribution in [0.1, 0.15) is 172 Å². The molecule has 8 amide bonds. The van der Waals surface area contributed by atoms with Crippen LogP contribution >= 0.6 is 46.4 Å². The number of rotatable bonds is 8. The first-order chi connectivity index (χ1) is 51.2. The number of alkyl halides is 6. The topological polar surface area (TPSA) is 190 Å². The number of anilines is 3. The molecule has 14 nitrogen and oxygen atoms in total. The van der Waals surface area contributed by atoms with Gasteiger partial charge in [-0.1, -0.05) is 125 Å². The molecule has 10 aromatic carbocycles. The zero-order valence-electron chi connectivity index (χ0n) is 58.2. The van der Waals surface area contributed by atoms with Gasteiger partial charge in [0.05, 0.1) is 78.1 Å². The van der Waals surface area contributed by atoms with E-state index in [1.807, 2.05) is 74.5 Å². The van der Waals surface area contributed by atoms with Gasteiger partial charge < -0.3 is 10.2 Å². The fraction of sp³-hybridized carbons (Fsp3) is 0.153. The summed E-state index contributed by atoms with van der Waals surface area (Å²) >= 11 is 27.1. The average molecular weight is 1550 g/mol. The summed E-state index contributed by atoms with van der Waals surface area (Å²) in [5, 5.41) is 20.7. The fourth-order valence-electron chi connectivity index (χ4n) is 14.8. The standard InChI is InChI=1S/C85H52Cl4F6N4O10/c1-39-9-12-44(25-40(39)2)83(64-27-42(21-23-81(4,5)108)10-16-48(64)49-17-11-43(28-65(49)83)22-24-82(6,7)109)45-13-20-72(41(3)26-45)99-79(106)59-34-55(71(89)38-63(59)80(99)107)54-33-58-62(37-70(54)88)78(105)98(76(58)103)47-15-19-51(67(30-47)85(93,94)95)50-18-14-46(29-66(50)84(90,91)92)97-75(102)57-32-53(69(87)36-61(57)77(97)104)52-31-56-60(35-68(52)86)74(101)96(8)73(56)100/h9-20,25-38,108-109H,1-8H3. The lowest BCUT2D eigenvalue weighted by molar-refractivity contribution is -0.139. The fourth-order valence-corrected chi connectivity index (χ4v) is 15.9. The first kappa shape index (κ1) is 73.1. The minimum atomic E-state index is -5.48. The number of carbonyl (C=O) groups excluding carboxylic acids is 8. The largest absolute Gasteiger partial charge is 0.417 e. The molecule has 0 radical (unpaired) electrons. The number of aryl methyl sites for hydroxylation is 3. The van der Waals surface area contributed by atoms with Crippen molar-refractivity contribution >= 4 is 111 Å². The molecule has 1 aliphatic carbocycles. The predicted molar refractivity (Wildman–Crippen MR) is 400 cm³/mol. The highest BCUT2D eigenvalue weighted by molar-refractivity contribution is 6.43. The molecule has 109 heavy (non-hydrogen) atoms. The second-order valence-electron chi connectivity index (χ2n) is 28.2. The van der Waals surface area contributed by atoms with Crippen molar-refractivity contribution in [3.63, 3.8) is 0 Å². The summed E-state index contributed by atoms with van der Waals surface area (Å²) in [4.78, 5) is 115. The van der Waals surface area contributed by atoms with E-state index in [0.29, 0.717) is 50.8 Å². The van der Waals surface area contributed by atoms with Crippen LogP contribution in [0.3, 0.4) is 0 Å². The molecule has 0 fully saturated rings. The number of amides is 8. The number of nitrogens with zero attached hydrogens (tertiary/aromatic N) is 4. The number of benzene rings is 10. The van der Waals surface area contributed by atoms with Crippen LogP contribution in [0.2, 0.25) is 20.1 Å². The second kappa shape index (κ2) is 25.3. The number of aliphatic hydroxyl groups is 2. The van der Waals surface area contributed by atoms with Crippen molar-refractivity contribution in [3.05, 3.63) is 284 Å². The molecule has 4 aliphatic heterocycles. The molecule has 24 heteroatoms. The molecule has 542 valence electrons. The van der Waals surface area contributed by atoms with Crippen molar-refractivity contribution in [3.8, 4) is 68.2 Å². The van der Waals surface area contributed by atoms with Gasteiger partial charge in [-0.2, -0.15) is 26.3 Å². The van der Waals surface area contributed by atoms with E-state index in [0.717, 1.165) is 90.7 Å². The minimum absolute atomic E-state index is 0.000153. The van der Waals surface area contributed by atoms with Crippen LogP contribution in [0.15, 0.2) is 158 Å². The first-order valence-corrected chi connectivity index (χ1v) is 34.9. The Balaban J connectivity index is 0.740. The van der Waals surface area contributed by atoms with E-state index in [1.165, 1.54) is 31.3 Å². The third kappa shape index (κ3) is 11.8. The molecule has 0 atom stereocenters. The van der Waals surface area contributed by atoms with Crippen LogP contribution in [0.4, 0.5) is 43.4 Å². The Morgan fingerprint density at radius 2 is 0.661 bits per heavy atom. The highest BCUT2D eigenvalue weighted by Gasteiger charge is 2.50. The van der Waals surface area contributed by atoms with Crippen molar-refractivity contribution in [2.45, 2.75) is 77.4 Å². The number of halogens is 10. The van der Waals surface area contributed by atoms with Gasteiger partial charge >= 0.3 is 12.4 Å². The lowest BCUT2D eigenvalue weighted by Gasteiger charge is -2.35. The normalized spacial score (nSPS) is 15.0. The minimum Gasteiger partial charge on any atom is -0.378 e. The van der Waals surface area contributed by atoms with Crippen LogP contribution in [0.25, 0.3) is 44.5 Å². The van der Waals surface area contributed by atoms with E-state index >= 15 is 26.3 Å². The number of fused-ring (bicyclic) bond motifs is 7. The molecule has 5 aliphatic rings. The summed E-state index contributed by atoms with van der Waals surface area (Å²) < 4.78 is 92.5. The van der Waals surface area contributed by atoms with E-state index in [9.17, 15) is 48.6 Å². The predicted octanol–water partition coefficient (Wildman–Crippen LogP) is 18.5. The Labute approximate surface area is 637 Å². The molecule has 0 bridgehead atoms. The van der Waals surface area contributed by atoms with Gasteiger partial charge in [-0.3, -0.25) is 43.3 Å². The van der Waals surface area contributed by atoms with Crippen LogP contribution < -0.4 is 14.7 Å². The maximum atomic E-state index is 15.5. The summed E-state index contributed by atoms with van der Waals surface area (Å²) in [7, 11) is 1.25. The number of hydrogen-bond acceptors (Lipinski definition) is 10. The Bertz CT molecular complexity index is 6020. The quantitative estimate of drug-likeness (QED) is 0.0841.